The van der Waals surface area contributed by atoms with Gasteiger partial charge >= 0.3 is 0 Å². The Hall–Kier alpha value is -5.70. The molecule has 264 valence electrons. The summed E-state index contributed by atoms with van der Waals surface area (Å²) >= 11 is 6.56. The molecule has 15 nitrogen and oxygen atoms in total. The lowest BCUT2D eigenvalue weighted by atomic mass is 9.93. The number of imide groups is 1. The molecule has 0 radical (unpaired) electrons. The average molecular weight is 713 g/mol. The number of aryl methyl sites for hydroxylation is 2. The molecule has 2 atom stereocenters. The van der Waals surface area contributed by atoms with Crippen molar-refractivity contribution in [2.75, 3.05) is 42.3 Å². The molecular weight excluding hydrogens is 676 g/mol. The van der Waals surface area contributed by atoms with Crippen LogP contribution in [-0.2, 0) is 28.5 Å². The lowest BCUT2D eigenvalue weighted by molar-refractivity contribution is -0.134. The molecule has 2 aliphatic rings. The number of carbonyl (C=O) groups excluding carboxylic acids is 3. The summed E-state index contributed by atoms with van der Waals surface area (Å²) in [6, 6.07) is 13.2. The monoisotopic (exact) mass is 712 g/mol. The van der Waals surface area contributed by atoms with E-state index in [1.807, 2.05) is 43.4 Å². The van der Waals surface area contributed by atoms with Crippen molar-refractivity contribution in [1.29, 1.82) is 0 Å². The van der Waals surface area contributed by atoms with Crippen LogP contribution in [0.15, 0.2) is 53.5 Å². The lowest BCUT2D eigenvalue weighted by Gasteiger charge is -2.26. The molecule has 0 bridgehead atoms. The molecule has 2 saturated heterocycles. The summed E-state index contributed by atoms with van der Waals surface area (Å²) in [6.07, 6.45) is 4.25. The van der Waals surface area contributed by atoms with E-state index in [2.05, 4.69) is 36.2 Å². The maximum atomic E-state index is 12.8. The van der Waals surface area contributed by atoms with Crippen LogP contribution in [-0.4, -0.2) is 74.8 Å². The predicted molar refractivity (Wildman–Crippen MR) is 194 cm³/mol. The second kappa shape index (κ2) is 13.9. The van der Waals surface area contributed by atoms with E-state index in [4.69, 9.17) is 21.3 Å². The lowest BCUT2D eigenvalue weighted by Crippen LogP contribution is -2.39. The van der Waals surface area contributed by atoms with Crippen LogP contribution in [0.5, 0.6) is 5.75 Å². The third-order valence-electron chi connectivity index (χ3n) is 9.45. The van der Waals surface area contributed by atoms with Crippen molar-refractivity contribution in [2.24, 2.45) is 14.1 Å². The first-order valence-corrected chi connectivity index (χ1v) is 17.0. The van der Waals surface area contributed by atoms with Crippen molar-refractivity contribution in [3.8, 4) is 5.75 Å². The molecule has 16 heteroatoms. The molecule has 2 fully saturated rings. The van der Waals surface area contributed by atoms with Crippen LogP contribution < -0.4 is 36.5 Å². The number of halogens is 1. The van der Waals surface area contributed by atoms with E-state index in [9.17, 15) is 19.2 Å². The zero-order chi connectivity index (χ0) is 35.8. The van der Waals surface area contributed by atoms with Gasteiger partial charge in [-0.15, -0.1) is 0 Å². The molecule has 5 heterocycles. The number of piperidine rings is 1. The number of nitrogens with zero attached hydrogens (tertiary/aromatic N) is 6. The highest BCUT2D eigenvalue weighted by atomic mass is 35.5. The van der Waals surface area contributed by atoms with Crippen LogP contribution in [0.2, 0.25) is 5.02 Å². The van der Waals surface area contributed by atoms with Crippen molar-refractivity contribution < 1.29 is 19.1 Å². The van der Waals surface area contributed by atoms with Crippen molar-refractivity contribution in [2.45, 2.75) is 37.6 Å². The fraction of sp³-hybridized carbons (Fsp3) is 0.343. The molecule has 3 aromatic heterocycles. The van der Waals surface area contributed by atoms with Gasteiger partial charge in [-0.1, -0.05) is 11.6 Å². The van der Waals surface area contributed by atoms with Crippen molar-refractivity contribution in [3.63, 3.8) is 0 Å². The SMILES string of the molecule is CNC(=O)COc1cc2cc(Nc3nc(N4CCC[C@@H]4CNc4ccc5c(C6CCC(=O)NC6=O)nn(C)c5c4)ncc3Cl)ccc2n(C)c1=O. The number of amides is 3. The molecule has 51 heavy (non-hydrogen) atoms. The van der Waals surface area contributed by atoms with Gasteiger partial charge in [0.2, 0.25) is 17.8 Å². The maximum Gasteiger partial charge on any atom is 0.293 e. The largest absolute Gasteiger partial charge is 0.478 e. The van der Waals surface area contributed by atoms with E-state index in [0.717, 1.165) is 41.4 Å². The summed E-state index contributed by atoms with van der Waals surface area (Å²) in [6.45, 7) is 1.16. The number of hydrogen-bond donors (Lipinski definition) is 4. The number of benzene rings is 2. The van der Waals surface area contributed by atoms with Crippen molar-refractivity contribution >= 4 is 74.3 Å². The van der Waals surface area contributed by atoms with Gasteiger partial charge < -0.3 is 30.2 Å². The highest BCUT2D eigenvalue weighted by Crippen LogP contribution is 2.33. The van der Waals surface area contributed by atoms with Gasteiger partial charge in [0.15, 0.2) is 18.2 Å². The number of pyridine rings is 1. The normalized spacial score (nSPS) is 17.5. The second-order valence-electron chi connectivity index (χ2n) is 12.7. The number of ether oxygens (including phenoxy) is 1. The zero-order valence-electron chi connectivity index (χ0n) is 28.3. The molecule has 2 aliphatic heterocycles. The number of likely N-dealkylation sites (N-methyl/N-ethyl adjacent to an activating group) is 1. The summed E-state index contributed by atoms with van der Waals surface area (Å²) in [5.74, 6) is -0.291. The predicted octanol–water partition coefficient (Wildman–Crippen LogP) is 3.34. The molecule has 3 amide bonds. The number of carbonyl (C=O) groups is 3. The third kappa shape index (κ3) is 6.76. The van der Waals surface area contributed by atoms with Crippen LogP contribution in [0.25, 0.3) is 21.8 Å². The Bertz CT molecular complexity index is 2250. The summed E-state index contributed by atoms with van der Waals surface area (Å²) in [7, 11) is 5.00. The Morgan fingerprint density at radius 1 is 1.06 bits per heavy atom. The maximum absolute atomic E-state index is 12.8. The van der Waals surface area contributed by atoms with E-state index >= 15 is 0 Å². The Kier molecular flexibility index (Phi) is 9.21. The third-order valence-corrected chi connectivity index (χ3v) is 9.72. The molecule has 4 N–H and O–H groups in total. The number of rotatable bonds is 10. The number of nitrogens with one attached hydrogen (secondary N) is 4. The number of fused-ring (bicyclic) bond motifs is 2. The Labute approximate surface area is 297 Å². The summed E-state index contributed by atoms with van der Waals surface area (Å²) < 4.78 is 8.74. The number of anilines is 4. The van der Waals surface area contributed by atoms with E-state index in [-0.39, 0.29) is 41.7 Å². The Balaban J connectivity index is 1.06. The van der Waals surface area contributed by atoms with Gasteiger partial charge in [0.25, 0.3) is 11.5 Å². The van der Waals surface area contributed by atoms with Gasteiger partial charge in [-0.25, -0.2) is 4.98 Å². The van der Waals surface area contributed by atoms with E-state index in [0.29, 0.717) is 53.1 Å². The fourth-order valence-electron chi connectivity index (χ4n) is 6.72. The first-order valence-electron chi connectivity index (χ1n) is 16.7. The zero-order valence-corrected chi connectivity index (χ0v) is 29.1. The highest BCUT2D eigenvalue weighted by Gasteiger charge is 2.32. The summed E-state index contributed by atoms with van der Waals surface area (Å²) in [5, 5.41) is 18.4. The highest BCUT2D eigenvalue weighted by molar-refractivity contribution is 6.33. The van der Waals surface area contributed by atoms with E-state index in [1.54, 1.807) is 24.0 Å². The topological polar surface area (TPSA) is 177 Å². The minimum Gasteiger partial charge on any atom is -0.478 e. The molecule has 5 aromatic rings. The Morgan fingerprint density at radius 2 is 1.88 bits per heavy atom. The van der Waals surface area contributed by atoms with Crippen LogP contribution in [0, 0.1) is 0 Å². The minimum atomic E-state index is -0.457. The van der Waals surface area contributed by atoms with Gasteiger partial charge in [-0.05, 0) is 61.7 Å². The van der Waals surface area contributed by atoms with Crippen molar-refractivity contribution in [3.05, 3.63) is 69.7 Å². The quantitative estimate of drug-likeness (QED) is 0.156. The smallest absolute Gasteiger partial charge is 0.293 e. The van der Waals surface area contributed by atoms with Crippen molar-refractivity contribution in [1.82, 2.24) is 34.9 Å². The second-order valence-corrected chi connectivity index (χ2v) is 13.1. The average Bonchev–Trinajstić information content (AvgIpc) is 3.73. The van der Waals surface area contributed by atoms with Gasteiger partial charge in [0.05, 0.1) is 28.8 Å². The molecule has 1 unspecified atom stereocenters. The molecule has 7 rings (SSSR count). The standard InChI is InChI=1S/C35H37ClN10O5/c1-37-30(48)18-51-28-14-19-13-21(7-10-26(19)44(2)34(28)50)40-32-25(36)17-39-35(42-32)46-12-4-5-22(46)16-38-20-6-8-23-27(15-20)45(3)43-31(23)24-9-11-29(47)41-33(24)49/h6-8,10,13-15,17,22,24,38H,4-5,9,11-12,16,18H2,1-3H3,(H,37,48)(H,39,40,42)(H,41,47,49)/t22-,24?/m1/s1. The van der Waals surface area contributed by atoms with Crippen LogP contribution in [0.3, 0.4) is 0 Å². The minimum absolute atomic E-state index is 0.0685. The van der Waals surface area contributed by atoms with Gasteiger partial charge in [-0.3, -0.25) is 29.2 Å². The fourth-order valence-corrected chi connectivity index (χ4v) is 6.86. The first-order chi connectivity index (χ1) is 24.6. The van der Waals surface area contributed by atoms with E-state index in [1.165, 1.54) is 11.6 Å². The number of hydrogen-bond acceptors (Lipinski definition) is 11. The van der Waals surface area contributed by atoms with Gasteiger partial charge in [0, 0.05) is 68.8 Å². The molecule has 0 saturated carbocycles. The number of aromatic nitrogens is 5. The molecule has 0 spiro atoms. The van der Waals surface area contributed by atoms with E-state index < -0.39 is 5.92 Å². The molecule has 0 aliphatic carbocycles. The summed E-state index contributed by atoms with van der Waals surface area (Å²) in [4.78, 5) is 60.2. The first kappa shape index (κ1) is 33.8. The van der Waals surface area contributed by atoms with Crippen LogP contribution in [0.1, 0.15) is 37.3 Å². The van der Waals surface area contributed by atoms with Gasteiger partial charge in [-0.2, -0.15) is 10.1 Å². The van der Waals surface area contributed by atoms with Crippen LogP contribution in [0.4, 0.5) is 23.1 Å². The molecule has 2 aromatic carbocycles. The van der Waals surface area contributed by atoms with Gasteiger partial charge in [0.1, 0.15) is 5.02 Å². The summed E-state index contributed by atoms with van der Waals surface area (Å²) in [5.41, 5.74) is 3.53. The Morgan fingerprint density at radius 3 is 2.69 bits per heavy atom. The molecular formula is C35H37ClN10O5. The van der Waals surface area contributed by atoms with Crippen LogP contribution >= 0.6 is 11.6 Å².